The van der Waals surface area contributed by atoms with Gasteiger partial charge in [0.05, 0.1) is 19.6 Å². The lowest BCUT2D eigenvalue weighted by molar-refractivity contribution is -0.0178. The zero-order valence-corrected chi connectivity index (χ0v) is 16.4. The van der Waals surface area contributed by atoms with Gasteiger partial charge in [-0.25, -0.2) is 0 Å². The van der Waals surface area contributed by atoms with E-state index in [0.717, 1.165) is 44.6 Å². The maximum atomic E-state index is 13.0. The van der Waals surface area contributed by atoms with Gasteiger partial charge in [0.2, 0.25) is 11.8 Å². The van der Waals surface area contributed by atoms with Crippen LogP contribution in [0.2, 0.25) is 5.02 Å². The first-order valence-corrected chi connectivity index (χ1v) is 9.64. The smallest absolute Gasteiger partial charge is 0.291 e. The quantitative estimate of drug-likeness (QED) is 0.785. The van der Waals surface area contributed by atoms with Gasteiger partial charge in [0.1, 0.15) is 5.60 Å². The van der Waals surface area contributed by atoms with Crippen molar-refractivity contribution in [3.8, 4) is 0 Å². The Kier molecular flexibility index (Phi) is 4.82. The van der Waals surface area contributed by atoms with Gasteiger partial charge in [-0.1, -0.05) is 23.7 Å². The van der Waals surface area contributed by atoms with Gasteiger partial charge in [-0.05, 0) is 37.5 Å². The summed E-state index contributed by atoms with van der Waals surface area (Å²) in [5.74, 6) is 1.06. The first-order chi connectivity index (χ1) is 13.0. The van der Waals surface area contributed by atoms with Gasteiger partial charge in [0.15, 0.2) is 0 Å². The third-order valence-corrected chi connectivity index (χ3v) is 5.65. The number of carbonyl (C=O) groups is 1. The molecule has 0 N–H and O–H groups in total. The lowest BCUT2D eigenvalue weighted by atomic mass is 9.97. The molecule has 2 aliphatic heterocycles. The molecule has 1 amide bonds. The molecule has 0 saturated carbocycles. The van der Waals surface area contributed by atoms with Crippen LogP contribution in [0.5, 0.6) is 0 Å². The highest BCUT2D eigenvalue weighted by Gasteiger charge is 2.42. The molecule has 0 atom stereocenters. The van der Waals surface area contributed by atoms with E-state index in [1.807, 2.05) is 33.7 Å². The van der Waals surface area contributed by atoms with Gasteiger partial charge in [-0.2, -0.15) is 0 Å². The van der Waals surface area contributed by atoms with Gasteiger partial charge < -0.3 is 14.5 Å². The van der Waals surface area contributed by atoms with Crippen molar-refractivity contribution < 1.29 is 9.53 Å². The number of ether oxygens (including phenoxy) is 1. The summed E-state index contributed by atoms with van der Waals surface area (Å²) in [6.45, 7) is 5.61. The number of methoxy groups -OCH3 is 1. The Bertz CT molecular complexity index is 823. The Morgan fingerprint density at radius 2 is 1.85 bits per heavy atom. The minimum atomic E-state index is -0.184. The molecule has 2 fully saturated rings. The zero-order chi connectivity index (χ0) is 19.0. The average molecular weight is 390 g/mol. The minimum absolute atomic E-state index is 0.0461. The van der Waals surface area contributed by atoms with Crippen LogP contribution in [0.25, 0.3) is 0 Å². The van der Waals surface area contributed by atoms with E-state index in [2.05, 4.69) is 22.0 Å². The van der Waals surface area contributed by atoms with Crippen LogP contribution in [-0.2, 0) is 11.3 Å². The molecule has 0 radical (unpaired) electrons. The first kappa shape index (κ1) is 18.3. The Balaban J connectivity index is 1.64. The molecule has 2 aliphatic rings. The van der Waals surface area contributed by atoms with Crippen molar-refractivity contribution in [1.82, 2.24) is 19.7 Å². The topological polar surface area (TPSA) is 63.5 Å². The SMILES string of the molecule is COC1(C)CN(c2nnc(C(=O)N3CCCC3)n2Cc2ccc(Cl)cc2)C1. The van der Waals surface area contributed by atoms with E-state index >= 15 is 0 Å². The molecule has 0 unspecified atom stereocenters. The highest BCUT2D eigenvalue weighted by atomic mass is 35.5. The summed E-state index contributed by atoms with van der Waals surface area (Å²) < 4.78 is 7.46. The summed E-state index contributed by atoms with van der Waals surface area (Å²) >= 11 is 6.01. The van der Waals surface area contributed by atoms with Crippen LogP contribution in [0.3, 0.4) is 0 Å². The monoisotopic (exact) mass is 389 g/mol. The maximum Gasteiger partial charge on any atom is 0.291 e. The van der Waals surface area contributed by atoms with Crippen molar-refractivity contribution in [2.24, 2.45) is 0 Å². The van der Waals surface area contributed by atoms with E-state index in [0.29, 0.717) is 23.3 Å². The number of nitrogens with zero attached hydrogens (tertiary/aromatic N) is 5. The normalized spacial score (nSPS) is 18.6. The number of amides is 1. The zero-order valence-electron chi connectivity index (χ0n) is 15.7. The molecule has 4 rings (SSSR count). The molecule has 3 heterocycles. The number of hydrogen-bond donors (Lipinski definition) is 0. The number of carbonyl (C=O) groups excluding carboxylic acids is 1. The largest absolute Gasteiger partial charge is 0.375 e. The van der Waals surface area contributed by atoms with Gasteiger partial charge in [0.25, 0.3) is 5.91 Å². The lowest BCUT2D eigenvalue weighted by Gasteiger charge is -2.47. The Hall–Kier alpha value is -2.12. The summed E-state index contributed by atoms with van der Waals surface area (Å²) in [7, 11) is 1.72. The van der Waals surface area contributed by atoms with Crippen molar-refractivity contribution in [3.63, 3.8) is 0 Å². The van der Waals surface area contributed by atoms with Crippen LogP contribution in [-0.4, -0.2) is 64.5 Å². The lowest BCUT2D eigenvalue weighted by Crippen LogP contribution is -2.62. The van der Waals surface area contributed by atoms with Gasteiger partial charge in [-0.15, -0.1) is 10.2 Å². The number of halogens is 1. The van der Waals surface area contributed by atoms with Crippen LogP contribution >= 0.6 is 11.6 Å². The standard InChI is InChI=1S/C19H24ClN5O2/c1-19(27-2)12-24(13-19)18-22-21-16(17(26)23-9-3-4-10-23)25(18)11-14-5-7-15(20)8-6-14/h5-8H,3-4,9-13H2,1-2H3. The summed E-state index contributed by atoms with van der Waals surface area (Å²) in [5, 5.41) is 9.31. The summed E-state index contributed by atoms with van der Waals surface area (Å²) in [5.41, 5.74) is 0.863. The minimum Gasteiger partial charge on any atom is -0.375 e. The predicted octanol–water partition coefficient (Wildman–Crippen LogP) is 2.44. The Labute approximate surface area is 163 Å². The molecule has 1 aromatic carbocycles. The number of likely N-dealkylation sites (tertiary alicyclic amines) is 1. The van der Waals surface area contributed by atoms with Crippen LogP contribution in [0, 0.1) is 0 Å². The van der Waals surface area contributed by atoms with Gasteiger partial charge >= 0.3 is 0 Å². The van der Waals surface area contributed by atoms with E-state index < -0.39 is 0 Å². The third kappa shape index (κ3) is 3.53. The van der Waals surface area contributed by atoms with Gasteiger partial charge in [0, 0.05) is 25.2 Å². The van der Waals surface area contributed by atoms with Crippen molar-refractivity contribution >= 4 is 23.5 Å². The van der Waals surface area contributed by atoms with Crippen LogP contribution in [0.4, 0.5) is 5.95 Å². The Morgan fingerprint density at radius 1 is 1.19 bits per heavy atom. The van der Waals surface area contributed by atoms with Crippen molar-refractivity contribution in [3.05, 3.63) is 40.7 Å². The second kappa shape index (κ2) is 7.13. The van der Waals surface area contributed by atoms with Crippen LogP contribution < -0.4 is 4.90 Å². The molecule has 0 spiro atoms. The molecule has 0 aliphatic carbocycles. The molecule has 7 nitrogen and oxygen atoms in total. The number of benzene rings is 1. The second-order valence-electron chi connectivity index (χ2n) is 7.55. The number of rotatable bonds is 5. The predicted molar refractivity (Wildman–Crippen MR) is 103 cm³/mol. The molecule has 2 aromatic rings. The van der Waals surface area contributed by atoms with Gasteiger partial charge in [-0.3, -0.25) is 9.36 Å². The van der Waals surface area contributed by atoms with Crippen LogP contribution in [0.1, 0.15) is 35.9 Å². The number of anilines is 1. The molecule has 144 valence electrons. The highest BCUT2D eigenvalue weighted by Crippen LogP contribution is 2.30. The summed E-state index contributed by atoms with van der Waals surface area (Å²) in [4.78, 5) is 16.9. The maximum absolute atomic E-state index is 13.0. The second-order valence-corrected chi connectivity index (χ2v) is 7.98. The fourth-order valence-electron chi connectivity index (χ4n) is 3.70. The molecule has 27 heavy (non-hydrogen) atoms. The molecular formula is C19H24ClN5O2. The van der Waals surface area contributed by atoms with E-state index in [4.69, 9.17) is 16.3 Å². The molecular weight excluding hydrogens is 366 g/mol. The highest BCUT2D eigenvalue weighted by molar-refractivity contribution is 6.30. The van der Waals surface area contributed by atoms with E-state index in [9.17, 15) is 4.79 Å². The van der Waals surface area contributed by atoms with Crippen molar-refractivity contribution in [1.29, 1.82) is 0 Å². The Morgan fingerprint density at radius 3 is 2.48 bits per heavy atom. The van der Waals surface area contributed by atoms with Crippen molar-refractivity contribution in [2.75, 3.05) is 38.2 Å². The summed E-state index contributed by atoms with van der Waals surface area (Å²) in [6, 6.07) is 7.64. The molecule has 1 aromatic heterocycles. The fraction of sp³-hybridized carbons (Fsp3) is 0.526. The van der Waals surface area contributed by atoms with E-state index in [1.54, 1.807) is 7.11 Å². The molecule has 8 heteroatoms. The number of aromatic nitrogens is 3. The average Bonchev–Trinajstić information content (AvgIpc) is 3.30. The number of hydrogen-bond acceptors (Lipinski definition) is 5. The van der Waals surface area contributed by atoms with E-state index in [-0.39, 0.29) is 11.5 Å². The van der Waals surface area contributed by atoms with Crippen molar-refractivity contribution in [2.45, 2.75) is 31.9 Å². The molecule has 0 bridgehead atoms. The fourth-order valence-corrected chi connectivity index (χ4v) is 3.82. The summed E-state index contributed by atoms with van der Waals surface area (Å²) in [6.07, 6.45) is 2.09. The molecule has 2 saturated heterocycles. The third-order valence-electron chi connectivity index (χ3n) is 5.40. The van der Waals surface area contributed by atoms with Crippen LogP contribution in [0.15, 0.2) is 24.3 Å². The first-order valence-electron chi connectivity index (χ1n) is 9.26. The van der Waals surface area contributed by atoms with E-state index in [1.165, 1.54) is 0 Å².